The van der Waals surface area contributed by atoms with E-state index in [0.717, 1.165) is 30.6 Å². The Balaban J connectivity index is 1.78. The lowest BCUT2D eigenvalue weighted by Crippen LogP contribution is -2.50. The molecule has 2 aromatic rings. The van der Waals surface area contributed by atoms with Crippen molar-refractivity contribution in [2.45, 2.75) is 61.9 Å². The zero-order valence-electron chi connectivity index (χ0n) is 17.7. The molecule has 33 heavy (non-hydrogen) atoms. The standard InChI is InChI=1S/C23H23Cl3N2O4S/c24-15-7-10-17(11-8-15)27-22(29)14-20(23(27)30)28(18-5-3-1-2-4-6-18)33(31,32)21-13-16(25)9-12-19(21)26/h7-13,18,20H,1-6,14H2. The van der Waals surface area contributed by atoms with Gasteiger partial charge in [0.15, 0.2) is 0 Å². The molecule has 1 heterocycles. The van der Waals surface area contributed by atoms with Crippen molar-refractivity contribution in [2.75, 3.05) is 4.90 Å². The van der Waals surface area contributed by atoms with Crippen LogP contribution in [0.3, 0.4) is 0 Å². The first kappa shape index (κ1) is 24.5. The topological polar surface area (TPSA) is 74.8 Å². The first-order valence-corrected chi connectivity index (χ1v) is 13.4. The van der Waals surface area contributed by atoms with Gasteiger partial charge in [0.05, 0.1) is 17.1 Å². The van der Waals surface area contributed by atoms with Gasteiger partial charge in [0.25, 0.3) is 5.91 Å². The number of hydrogen-bond donors (Lipinski definition) is 0. The van der Waals surface area contributed by atoms with Crippen LogP contribution in [-0.4, -0.2) is 36.6 Å². The van der Waals surface area contributed by atoms with Crippen molar-refractivity contribution in [2.24, 2.45) is 0 Å². The number of carbonyl (C=O) groups is 2. The SMILES string of the molecule is O=C1CC(N(C2CCCCCC2)S(=O)(=O)c2cc(Cl)ccc2Cl)C(=O)N1c1ccc(Cl)cc1. The highest BCUT2D eigenvalue weighted by Gasteiger charge is 2.49. The Bertz CT molecular complexity index is 1160. The minimum atomic E-state index is -4.23. The number of amides is 2. The fraction of sp³-hybridized carbons (Fsp3) is 0.391. The average Bonchev–Trinajstić information content (AvgIpc) is 2.94. The highest BCUT2D eigenvalue weighted by atomic mass is 35.5. The predicted molar refractivity (Wildman–Crippen MR) is 129 cm³/mol. The van der Waals surface area contributed by atoms with E-state index in [1.54, 1.807) is 24.3 Å². The number of nitrogens with zero attached hydrogens (tertiary/aromatic N) is 2. The molecule has 1 unspecified atom stereocenters. The second kappa shape index (κ2) is 9.92. The third kappa shape index (κ3) is 4.93. The van der Waals surface area contributed by atoms with Crippen molar-refractivity contribution in [3.05, 3.63) is 57.5 Å². The predicted octanol–water partition coefficient (Wildman–Crippen LogP) is 5.69. The van der Waals surface area contributed by atoms with Gasteiger partial charge in [0, 0.05) is 16.1 Å². The summed E-state index contributed by atoms with van der Waals surface area (Å²) in [7, 11) is -4.23. The number of anilines is 1. The van der Waals surface area contributed by atoms with E-state index in [4.69, 9.17) is 34.8 Å². The van der Waals surface area contributed by atoms with Crippen molar-refractivity contribution in [3.63, 3.8) is 0 Å². The van der Waals surface area contributed by atoms with Crippen LogP contribution in [0.15, 0.2) is 47.4 Å². The maximum atomic E-state index is 13.9. The molecule has 1 aliphatic heterocycles. The highest BCUT2D eigenvalue weighted by Crippen LogP contribution is 2.37. The lowest BCUT2D eigenvalue weighted by Gasteiger charge is -2.34. The molecule has 176 valence electrons. The summed E-state index contributed by atoms with van der Waals surface area (Å²) < 4.78 is 29.1. The van der Waals surface area contributed by atoms with Crippen LogP contribution in [0.4, 0.5) is 5.69 Å². The summed E-state index contributed by atoms with van der Waals surface area (Å²) in [4.78, 5) is 27.3. The number of halogens is 3. The number of sulfonamides is 1. The fourth-order valence-corrected chi connectivity index (χ4v) is 7.29. The van der Waals surface area contributed by atoms with Crippen molar-refractivity contribution in [3.8, 4) is 0 Å². The molecule has 0 bridgehead atoms. The molecule has 1 saturated carbocycles. The van der Waals surface area contributed by atoms with Gasteiger partial charge in [-0.1, -0.05) is 60.5 Å². The minimum Gasteiger partial charge on any atom is -0.274 e. The zero-order valence-corrected chi connectivity index (χ0v) is 20.8. The normalized spacial score (nSPS) is 20.5. The smallest absolute Gasteiger partial charge is 0.252 e. The molecule has 1 saturated heterocycles. The average molecular weight is 530 g/mol. The number of hydrogen-bond acceptors (Lipinski definition) is 4. The van der Waals surface area contributed by atoms with E-state index < -0.39 is 33.9 Å². The molecule has 2 fully saturated rings. The van der Waals surface area contributed by atoms with Gasteiger partial charge in [-0.25, -0.2) is 13.3 Å². The summed E-state index contributed by atoms with van der Waals surface area (Å²) in [6.45, 7) is 0. The molecular formula is C23H23Cl3N2O4S. The molecular weight excluding hydrogens is 507 g/mol. The maximum Gasteiger partial charge on any atom is 0.252 e. The zero-order chi connectivity index (χ0) is 23.8. The molecule has 1 atom stereocenters. The largest absolute Gasteiger partial charge is 0.274 e. The first-order chi connectivity index (χ1) is 15.7. The summed E-state index contributed by atoms with van der Waals surface area (Å²) in [6.07, 6.45) is 4.65. The molecule has 0 aromatic heterocycles. The van der Waals surface area contributed by atoms with Crippen molar-refractivity contribution < 1.29 is 18.0 Å². The highest BCUT2D eigenvalue weighted by molar-refractivity contribution is 7.89. The van der Waals surface area contributed by atoms with Crippen molar-refractivity contribution >= 4 is 62.3 Å². The quantitative estimate of drug-likeness (QED) is 0.368. The second-order valence-corrected chi connectivity index (χ2v) is 11.4. The molecule has 0 radical (unpaired) electrons. The maximum absolute atomic E-state index is 13.9. The van der Waals surface area contributed by atoms with E-state index in [0.29, 0.717) is 23.6 Å². The first-order valence-electron chi connectivity index (χ1n) is 10.8. The Hall–Kier alpha value is -1.64. The van der Waals surface area contributed by atoms with E-state index in [1.165, 1.54) is 22.5 Å². The number of rotatable bonds is 5. The summed E-state index contributed by atoms with van der Waals surface area (Å²) in [5, 5.41) is 0.701. The van der Waals surface area contributed by atoms with E-state index >= 15 is 0 Å². The van der Waals surface area contributed by atoms with E-state index in [2.05, 4.69) is 0 Å². The summed E-state index contributed by atoms with van der Waals surface area (Å²) in [5.74, 6) is -1.04. The van der Waals surface area contributed by atoms with Gasteiger partial charge in [-0.05, 0) is 55.3 Å². The van der Waals surface area contributed by atoms with Gasteiger partial charge in [-0.3, -0.25) is 9.59 Å². The van der Waals surface area contributed by atoms with Crippen LogP contribution in [-0.2, 0) is 19.6 Å². The molecule has 4 rings (SSSR count). The van der Waals surface area contributed by atoms with Crippen LogP contribution < -0.4 is 4.90 Å². The van der Waals surface area contributed by atoms with Gasteiger partial charge in [-0.2, -0.15) is 4.31 Å². The number of benzene rings is 2. The summed E-state index contributed by atoms with van der Waals surface area (Å²) >= 11 is 18.3. The lowest BCUT2D eigenvalue weighted by atomic mass is 10.1. The molecule has 2 aliphatic rings. The molecule has 6 nitrogen and oxygen atoms in total. The Labute approximate surface area is 208 Å². The molecule has 0 N–H and O–H groups in total. The molecule has 0 spiro atoms. The van der Waals surface area contributed by atoms with E-state index in [1.807, 2.05) is 0 Å². The van der Waals surface area contributed by atoms with Gasteiger partial charge in [0.1, 0.15) is 10.9 Å². The number of imide groups is 1. The summed E-state index contributed by atoms with van der Waals surface area (Å²) in [5.41, 5.74) is 0.357. The van der Waals surface area contributed by atoms with Gasteiger partial charge < -0.3 is 0 Å². The Kier molecular flexibility index (Phi) is 7.36. The Morgan fingerprint density at radius 3 is 2.09 bits per heavy atom. The van der Waals surface area contributed by atoms with Crippen molar-refractivity contribution in [1.82, 2.24) is 4.31 Å². The second-order valence-electron chi connectivity index (χ2n) is 8.32. The fourth-order valence-electron chi connectivity index (χ4n) is 4.60. The monoisotopic (exact) mass is 528 g/mol. The third-order valence-corrected chi connectivity index (χ3v) is 9.08. The van der Waals surface area contributed by atoms with Crippen LogP contribution in [0.1, 0.15) is 44.9 Å². The lowest BCUT2D eigenvalue weighted by molar-refractivity contribution is -0.122. The third-order valence-electron chi connectivity index (χ3n) is 6.15. The van der Waals surface area contributed by atoms with Crippen LogP contribution in [0.5, 0.6) is 0 Å². The van der Waals surface area contributed by atoms with Crippen LogP contribution in [0, 0.1) is 0 Å². The summed E-state index contributed by atoms with van der Waals surface area (Å²) in [6, 6.07) is 8.94. The van der Waals surface area contributed by atoms with Gasteiger partial charge in [-0.15, -0.1) is 0 Å². The molecule has 10 heteroatoms. The van der Waals surface area contributed by atoms with Gasteiger partial charge >= 0.3 is 0 Å². The van der Waals surface area contributed by atoms with Crippen molar-refractivity contribution in [1.29, 1.82) is 0 Å². The Morgan fingerprint density at radius 1 is 0.848 bits per heavy atom. The van der Waals surface area contributed by atoms with Crippen LogP contribution in [0.25, 0.3) is 0 Å². The minimum absolute atomic E-state index is 0.0179. The van der Waals surface area contributed by atoms with E-state index in [9.17, 15) is 18.0 Å². The molecule has 2 aromatic carbocycles. The number of carbonyl (C=O) groups excluding carboxylic acids is 2. The van der Waals surface area contributed by atoms with Crippen LogP contribution in [0.2, 0.25) is 15.1 Å². The molecule has 1 aliphatic carbocycles. The van der Waals surface area contributed by atoms with Gasteiger partial charge in [0.2, 0.25) is 15.9 Å². The Morgan fingerprint density at radius 2 is 1.45 bits per heavy atom. The van der Waals surface area contributed by atoms with E-state index in [-0.39, 0.29) is 21.4 Å². The van der Waals surface area contributed by atoms with Crippen LogP contribution >= 0.6 is 34.8 Å². The molecule has 2 amide bonds.